The van der Waals surface area contributed by atoms with Crippen LogP contribution in [0, 0.1) is 25.7 Å². The second-order valence-corrected chi connectivity index (χ2v) is 8.18. The van der Waals surface area contributed by atoms with Gasteiger partial charge < -0.3 is 5.11 Å². The van der Waals surface area contributed by atoms with E-state index in [1.807, 2.05) is 24.3 Å². The molecule has 1 aliphatic rings. The van der Waals surface area contributed by atoms with Gasteiger partial charge in [0.05, 0.1) is 11.5 Å². The molecule has 0 spiro atoms. The number of hydrogen-bond donors (Lipinski definition) is 1. The van der Waals surface area contributed by atoms with Crippen LogP contribution in [0.2, 0.25) is 0 Å². The number of halogens is 1. The van der Waals surface area contributed by atoms with E-state index in [1.165, 1.54) is 0 Å². The molecule has 0 amide bonds. The summed E-state index contributed by atoms with van der Waals surface area (Å²) in [5, 5.41) is 20.8. The molecule has 1 N–H and O–H groups in total. The predicted octanol–water partition coefficient (Wildman–Crippen LogP) is 4.61. The zero-order valence-corrected chi connectivity index (χ0v) is 14.6. The van der Waals surface area contributed by atoms with Gasteiger partial charge >= 0.3 is 0 Å². The molecular weight excluding hydrogens is 361 g/mol. The summed E-state index contributed by atoms with van der Waals surface area (Å²) in [7, 11) is 0. The van der Waals surface area contributed by atoms with Crippen molar-refractivity contribution in [3.05, 3.63) is 33.4 Å². The van der Waals surface area contributed by atoms with Crippen LogP contribution in [0.3, 0.4) is 0 Å². The van der Waals surface area contributed by atoms with Crippen molar-refractivity contribution >= 4 is 22.6 Å². The number of rotatable bonds is 2. The molecular formula is C17H22INO. The Morgan fingerprint density at radius 1 is 1.15 bits per heavy atom. The molecule has 1 atom stereocenters. The van der Waals surface area contributed by atoms with Crippen molar-refractivity contribution in [2.24, 2.45) is 10.8 Å². The summed E-state index contributed by atoms with van der Waals surface area (Å²) in [6, 6.07) is 10.3. The number of benzene rings is 1. The summed E-state index contributed by atoms with van der Waals surface area (Å²) in [6.07, 6.45) is 3.49. The average molecular weight is 383 g/mol. The fourth-order valence-electron chi connectivity index (χ4n) is 3.11. The second-order valence-electron chi connectivity index (χ2n) is 6.94. The predicted molar refractivity (Wildman–Crippen MR) is 89.0 cm³/mol. The normalized spacial score (nSPS) is 23.6. The molecule has 1 fully saturated rings. The number of aliphatic hydroxyl groups is 1. The molecule has 0 saturated heterocycles. The fourth-order valence-corrected chi connectivity index (χ4v) is 3.47. The Kier molecular flexibility index (Phi) is 4.19. The van der Waals surface area contributed by atoms with Crippen molar-refractivity contribution in [2.45, 2.75) is 52.1 Å². The van der Waals surface area contributed by atoms with Crippen LogP contribution in [-0.2, 0) is 5.60 Å². The maximum absolute atomic E-state index is 11.1. The van der Waals surface area contributed by atoms with Crippen molar-refractivity contribution in [3.8, 4) is 6.07 Å². The lowest BCUT2D eigenvalue weighted by Crippen LogP contribution is -2.46. The standard InChI is InChI=1S/C17H22INO/c1-15(2)8-10-17(12-19,11-9-15)16(3,20)13-4-6-14(18)7-5-13/h4-7,20H,8-11H2,1-3H3. The minimum Gasteiger partial charge on any atom is -0.384 e. The van der Waals surface area contributed by atoms with Crippen LogP contribution in [0.15, 0.2) is 24.3 Å². The Morgan fingerprint density at radius 3 is 2.10 bits per heavy atom. The minimum atomic E-state index is -1.09. The number of nitriles is 1. The monoisotopic (exact) mass is 383 g/mol. The van der Waals surface area contributed by atoms with Crippen LogP contribution < -0.4 is 0 Å². The maximum Gasteiger partial charge on any atom is 0.105 e. The Balaban J connectivity index is 2.36. The molecule has 1 unspecified atom stereocenters. The van der Waals surface area contributed by atoms with E-state index in [-0.39, 0.29) is 5.41 Å². The third-order valence-electron chi connectivity index (χ3n) is 5.01. The topological polar surface area (TPSA) is 44.0 Å². The lowest BCUT2D eigenvalue weighted by Gasteiger charge is -2.47. The molecule has 0 bridgehead atoms. The van der Waals surface area contributed by atoms with E-state index in [1.54, 1.807) is 6.92 Å². The third-order valence-corrected chi connectivity index (χ3v) is 5.73. The zero-order chi connectivity index (χ0) is 15.0. The molecule has 0 aromatic heterocycles. The highest BCUT2D eigenvalue weighted by molar-refractivity contribution is 14.1. The summed E-state index contributed by atoms with van der Waals surface area (Å²) < 4.78 is 1.14. The third kappa shape index (κ3) is 2.73. The Labute approximate surface area is 135 Å². The van der Waals surface area contributed by atoms with E-state index >= 15 is 0 Å². The smallest absolute Gasteiger partial charge is 0.105 e. The Bertz CT molecular complexity index is 515. The lowest BCUT2D eigenvalue weighted by atomic mass is 9.58. The highest BCUT2D eigenvalue weighted by Crippen LogP contribution is 2.53. The zero-order valence-electron chi connectivity index (χ0n) is 12.4. The van der Waals surface area contributed by atoms with Crippen molar-refractivity contribution in [1.82, 2.24) is 0 Å². The van der Waals surface area contributed by atoms with Crippen molar-refractivity contribution in [1.29, 1.82) is 5.26 Å². The molecule has 108 valence electrons. The van der Waals surface area contributed by atoms with Crippen molar-refractivity contribution < 1.29 is 5.11 Å². The molecule has 0 aliphatic heterocycles. The van der Waals surface area contributed by atoms with Gasteiger partial charge in [-0.15, -0.1) is 0 Å². The van der Waals surface area contributed by atoms with Crippen LogP contribution in [0.25, 0.3) is 0 Å². The van der Waals surface area contributed by atoms with Gasteiger partial charge in [-0.05, 0) is 78.3 Å². The molecule has 1 aromatic carbocycles. The molecule has 2 rings (SSSR count). The van der Waals surface area contributed by atoms with Gasteiger partial charge in [-0.1, -0.05) is 26.0 Å². The van der Waals surface area contributed by atoms with E-state index in [0.717, 1.165) is 34.8 Å². The van der Waals surface area contributed by atoms with Crippen molar-refractivity contribution in [2.75, 3.05) is 0 Å². The lowest BCUT2D eigenvalue weighted by molar-refractivity contribution is -0.0773. The van der Waals surface area contributed by atoms with E-state index in [2.05, 4.69) is 42.5 Å². The van der Waals surface area contributed by atoms with Gasteiger partial charge in [0.1, 0.15) is 5.60 Å². The van der Waals surface area contributed by atoms with E-state index < -0.39 is 11.0 Å². The number of hydrogen-bond acceptors (Lipinski definition) is 2. The summed E-state index contributed by atoms with van der Waals surface area (Å²) in [5.41, 5.74) is -0.639. The fraction of sp³-hybridized carbons (Fsp3) is 0.588. The molecule has 2 nitrogen and oxygen atoms in total. The highest BCUT2D eigenvalue weighted by Gasteiger charge is 2.51. The van der Waals surface area contributed by atoms with Gasteiger partial charge in [-0.25, -0.2) is 0 Å². The first kappa shape index (κ1) is 15.8. The van der Waals surface area contributed by atoms with Crippen LogP contribution in [0.4, 0.5) is 0 Å². The summed E-state index contributed by atoms with van der Waals surface area (Å²) in [6.45, 7) is 6.29. The van der Waals surface area contributed by atoms with E-state index in [4.69, 9.17) is 0 Å². The average Bonchev–Trinajstić information content (AvgIpc) is 2.39. The van der Waals surface area contributed by atoms with Crippen LogP contribution in [0.1, 0.15) is 52.0 Å². The maximum atomic E-state index is 11.1. The first-order valence-corrected chi connectivity index (χ1v) is 8.20. The molecule has 0 heterocycles. The summed E-state index contributed by atoms with van der Waals surface area (Å²) >= 11 is 2.25. The first-order valence-electron chi connectivity index (χ1n) is 7.12. The summed E-state index contributed by atoms with van der Waals surface area (Å²) in [4.78, 5) is 0. The highest BCUT2D eigenvalue weighted by atomic mass is 127. The van der Waals surface area contributed by atoms with Gasteiger partial charge in [0.15, 0.2) is 0 Å². The largest absolute Gasteiger partial charge is 0.384 e. The quantitative estimate of drug-likeness (QED) is 0.758. The van der Waals surface area contributed by atoms with Gasteiger partial charge in [0, 0.05) is 3.57 Å². The van der Waals surface area contributed by atoms with Gasteiger partial charge in [0.25, 0.3) is 0 Å². The van der Waals surface area contributed by atoms with Crippen molar-refractivity contribution in [3.63, 3.8) is 0 Å². The molecule has 1 aliphatic carbocycles. The SMILES string of the molecule is CC1(C)CCC(C#N)(C(C)(O)c2ccc(I)cc2)CC1. The summed E-state index contributed by atoms with van der Waals surface area (Å²) in [5.74, 6) is 0. The Hall–Kier alpha value is -0.600. The first-order chi connectivity index (χ1) is 9.22. The molecule has 20 heavy (non-hydrogen) atoms. The van der Waals surface area contributed by atoms with Gasteiger partial charge in [-0.3, -0.25) is 0 Å². The van der Waals surface area contributed by atoms with E-state index in [9.17, 15) is 10.4 Å². The van der Waals surface area contributed by atoms with E-state index in [0.29, 0.717) is 0 Å². The second kappa shape index (κ2) is 5.31. The van der Waals surface area contributed by atoms with Crippen LogP contribution in [0.5, 0.6) is 0 Å². The van der Waals surface area contributed by atoms with Gasteiger partial charge in [0.2, 0.25) is 0 Å². The van der Waals surface area contributed by atoms with Crippen LogP contribution in [-0.4, -0.2) is 5.11 Å². The molecule has 1 aromatic rings. The number of nitrogens with zero attached hydrogens (tertiary/aromatic N) is 1. The minimum absolute atomic E-state index is 0.280. The Morgan fingerprint density at radius 2 is 1.65 bits per heavy atom. The van der Waals surface area contributed by atoms with Gasteiger partial charge in [-0.2, -0.15) is 5.26 Å². The molecule has 1 saturated carbocycles. The molecule has 0 radical (unpaired) electrons. The molecule has 3 heteroatoms. The van der Waals surface area contributed by atoms with Crippen LogP contribution >= 0.6 is 22.6 Å².